The molecule has 0 radical (unpaired) electrons. The van der Waals surface area contributed by atoms with Crippen LogP contribution in [0.15, 0.2) is 63.9 Å². The smallest absolute Gasteiger partial charge is 0.410 e. The summed E-state index contributed by atoms with van der Waals surface area (Å²) in [6, 6.07) is 15.5. The first-order valence-electron chi connectivity index (χ1n) is 13.4. The fourth-order valence-corrected chi connectivity index (χ4v) is 7.54. The number of benzene rings is 2. The Morgan fingerprint density at radius 2 is 1.68 bits per heavy atom. The maximum Gasteiger partial charge on any atom is 0.410 e. The van der Waals surface area contributed by atoms with E-state index in [1.165, 1.54) is 0 Å². The Balaban J connectivity index is 2.11. The fourth-order valence-electron chi connectivity index (χ4n) is 4.90. The molecule has 210 valence electrons. The van der Waals surface area contributed by atoms with Gasteiger partial charge < -0.3 is 14.9 Å². The van der Waals surface area contributed by atoms with Crippen LogP contribution in [0.2, 0.25) is 0 Å². The molecule has 6 atom stereocenters. The van der Waals surface area contributed by atoms with Gasteiger partial charge >= 0.3 is 6.09 Å². The Hall–Kier alpha value is -2.42. The molecule has 38 heavy (non-hydrogen) atoms. The molecule has 0 aliphatic carbocycles. The molecule has 7 nitrogen and oxygen atoms in total. The average molecular weight is 545 g/mol. The Kier molecular flexibility index (Phi) is 9.66. The van der Waals surface area contributed by atoms with Gasteiger partial charge in [-0.1, -0.05) is 68.8 Å². The number of ether oxygens (including phenoxy) is 1. The van der Waals surface area contributed by atoms with E-state index >= 15 is 0 Å². The van der Waals surface area contributed by atoms with E-state index < -0.39 is 45.7 Å². The van der Waals surface area contributed by atoms with Crippen LogP contribution in [-0.4, -0.2) is 67.6 Å². The van der Waals surface area contributed by atoms with Crippen LogP contribution in [0.5, 0.6) is 0 Å². The highest BCUT2D eigenvalue weighted by Crippen LogP contribution is 2.36. The molecule has 0 spiro atoms. The van der Waals surface area contributed by atoms with Crippen LogP contribution in [-0.2, 0) is 20.9 Å². The van der Waals surface area contributed by atoms with E-state index in [0.717, 1.165) is 11.1 Å². The molecule has 8 heteroatoms. The summed E-state index contributed by atoms with van der Waals surface area (Å²) in [5, 5.41) is 21.4. The minimum Gasteiger partial charge on any atom is -0.444 e. The zero-order valence-electron chi connectivity index (χ0n) is 23.7. The Morgan fingerprint density at radius 1 is 1.08 bits per heavy atom. The molecule has 2 N–H and O–H groups in total. The maximum atomic E-state index is 14.8. The van der Waals surface area contributed by atoms with Gasteiger partial charge in [-0.2, -0.15) is 0 Å². The van der Waals surface area contributed by atoms with E-state index in [1.54, 1.807) is 25.7 Å². The van der Waals surface area contributed by atoms with Crippen LogP contribution in [0.1, 0.15) is 52.7 Å². The van der Waals surface area contributed by atoms with Crippen molar-refractivity contribution in [3.8, 4) is 0 Å². The highest BCUT2D eigenvalue weighted by atomic mass is 32.2. The van der Waals surface area contributed by atoms with Crippen LogP contribution < -0.4 is 0 Å². The van der Waals surface area contributed by atoms with Crippen molar-refractivity contribution in [1.29, 1.82) is 0 Å². The van der Waals surface area contributed by atoms with Gasteiger partial charge in [-0.25, -0.2) is 13.4 Å². The number of rotatable bonds is 8. The first kappa shape index (κ1) is 30.1. The number of aliphatic hydroxyl groups is 2. The van der Waals surface area contributed by atoms with Crippen molar-refractivity contribution >= 4 is 15.8 Å². The topological polar surface area (TPSA) is 99.4 Å². The second kappa shape index (κ2) is 12.2. The van der Waals surface area contributed by atoms with Crippen LogP contribution in [0, 0.1) is 18.8 Å². The molecule has 3 rings (SSSR count). The highest BCUT2D eigenvalue weighted by Gasteiger charge is 2.50. The zero-order valence-corrected chi connectivity index (χ0v) is 24.5. The van der Waals surface area contributed by atoms with Gasteiger partial charge in [0.15, 0.2) is 0 Å². The summed E-state index contributed by atoms with van der Waals surface area (Å²) in [4.78, 5) is 15.8. The number of carbonyl (C=O) groups is 1. The second-order valence-corrected chi connectivity index (χ2v) is 14.1. The second-order valence-electron chi connectivity index (χ2n) is 11.8. The van der Waals surface area contributed by atoms with Gasteiger partial charge in [-0.15, -0.1) is 0 Å². The number of aryl methyl sites for hydroxylation is 1. The first-order chi connectivity index (χ1) is 17.8. The lowest BCUT2D eigenvalue weighted by molar-refractivity contribution is 0.0102. The van der Waals surface area contributed by atoms with Gasteiger partial charge in [0.05, 0.1) is 46.3 Å². The lowest BCUT2D eigenvalue weighted by Crippen LogP contribution is -2.49. The molecule has 2 aromatic carbocycles. The average Bonchev–Trinajstić information content (AvgIpc) is 3.06. The van der Waals surface area contributed by atoms with Crippen LogP contribution in [0.4, 0.5) is 4.79 Å². The van der Waals surface area contributed by atoms with E-state index in [4.69, 9.17) is 9.10 Å². The molecular weight excluding hydrogens is 500 g/mol. The molecule has 1 saturated heterocycles. The summed E-state index contributed by atoms with van der Waals surface area (Å²) < 4.78 is 25.3. The molecular formula is C30H44N2O5S. The zero-order chi connectivity index (χ0) is 28.3. The number of hydrogen-bond acceptors (Lipinski definition) is 6. The van der Waals surface area contributed by atoms with Crippen molar-refractivity contribution < 1.29 is 24.0 Å². The van der Waals surface area contributed by atoms with E-state index in [1.807, 2.05) is 82.3 Å². The van der Waals surface area contributed by atoms with Gasteiger partial charge in [-0.05, 0) is 57.7 Å². The van der Waals surface area contributed by atoms with Crippen molar-refractivity contribution in [2.75, 3.05) is 12.4 Å². The number of nitrogens with zero attached hydrogens (tertiary/aromatic N) is 2. The number of likely N-dealkylation sites (tertiary alicyclic amines) is 1. The molecule has 1 amide bonds. The van der Waals surface area contributed by atoms with Crippen LogP contribution in [0.25, 0.3) is 0 Å². The minimum atomic E-state index is -3.08. The van der Waals surface area contributed by atoms with Crippen LogP contribution in [0.3, 0.4) is 0 Å². The third kappa shape index (κ3) is 7.16. The predicted octanol–water partition coefficient (Wildman–Crippen LogP) is 5.07. The Labute approximate surface area is 228 Å². The van der Waals surface area contributed by atoms with E-state index in [2.05, 4.69) is 0 Å². The Morgan fingerprint density at radius 3 is 2.21 bits per heavy atom. The highest BCUT2D eigenvalue weighted by molar-refractivity contribution is 7.93. The third-order valence-electron chi connectivity index (χ3n) is 7.19. The molecule has 1 fully saturated rings. The SMILES string of the molecule is Cc1ccc([S@@](=O)(C[C@@H]2[C@@H](C)[C@@H](O)[C@H](Cc3ccccc3)N2C(=O)OC(C)(C)C)=N[C@H](CO)C(C)C)cc1. The number of amides is 1. The Bertz CT molecular complexity index is 1180. The van der Waals surface area contributed by atoms with Crippen molar-refractivity contribution in [1.82, 2.24) is 4.90 Å². The fraction of sp³-hybridized carbons (Fsp3) is 0.567. The lowest BCUT2D eigenvalue weighted by atomic mass is 9.96. The first-order valence-corrected chi connectivity index (χ1v) is 15.1. The van der Waals surface area contributed by atoms with Crippen molar-refractivity contribution in [3.63, 3.8) is 0 Å². The van der Waals surface area contributed by atoms with Gasteiger partial charge in [0, 0.05) is 10.8 Å². The summed E-state index contributed by atoms with van der Waals surface area (Å²) in [6.45, 7) is 12.9. The minimum absolute atomic E-state index is 0.0225. The lowest BCUT2D eigenvalue weighted by Gasteiger charge is -2.34. The molecule has 2 aromatic rings. The van der Waals surface area contributed by atoms with Crippen LogP contribution >= 0.6 is 0 Å². The summed E-state index contributed by atoms with van der Waals surface area (Å²) in [5.41, 5.74) is 1.28. The maximum absolute atomic E-state index is 14.8. The van der Waals surface area contributed by atoms with Gasteiger partial charge in [0.1, 0.15) is 5.60 Å². The van der Waals surface area contributed by atoms with Crippen molar-refractivity contribution in [3.05, 3.63) is 65.7 Å². The normalized spacial score (nSPS) is 24.2. The summed E-state index contributed by atoms with van der Waals surface area (Å²) in [6.07, 6.45) is -0.941. The van der Waals surface area contributed by atoms with Gasteiger partial charge in [0.25, 0.3) is 0 Å². The third-order valence-corrected chi connectivity index (χ3v) is 9.61. The molecule has 1 aliphatic rings. The summed E-state index contributed by atoms with van der Waals surface area (Å²) >= 11 is 0. The number of aliphatic hydroxyl groups excluding tert-OH is 2. The van der Waals surface area contributed by atoms with Gasteiger partial charge in [0.2, 0.25) is 0 Å². The predicted molar refractivity (Wildman–Crippen MR) is 152 cm³/mol. The standard InChI is InChI=1S/C30H44N2O5S/c1-20(2)25(18-33)31-38(36,24-15-13-21(3)14-16-24)19-27-22(4)28(34)26(17-23-11-9-8-10-12-23)32(27)29(35)37-30(5,6)7/h8-16,20,22,25-28,33-34H,17-19H2,1-7H3/t22-,25-,26+,27-,28-,38+/m1/s1. The van der Waals surface area contributed by atoms with Crippen molar-refractivity contribution in [2.45, 2.75) is 89.6 Å². The van der Waals surface area contributed by atoms with Crippen molar-refractivity contribution in [2.24, 2.45) is 16.2 Å². The summed E-state index contributed by atoms with van der Waals surface area (Å²) in [7, 11) is -3.08. The number of hydrogen-bond donors (Lipinski definition) is 2. The molecule has 0 saturated carbocycles. The molecule has 0 unspecified atom stereocenters. The van der Waals surface area contributed by atoms with E-state index in [-0.39, 0.29) is 24.2 Å². The molecule has 1 aliphatic heterocycles. The summed E-state index contributed by atoms with van der Waals surface area (Å²) in [5.74, 6) is -0.364. The molecule has 0 bridgehead atoms. The largest absolute Gasteiger partial charge is 0.444 e. The van der Waals surface area contributed by atoms with E-state index in [0.29, 0.717) is 11.3 Å². The number of carbonyl (C=O) groups excluding carboxylic acids is 1. The quantitative estimate of drug-likeness (QED) is 0.484. The monoisotopic (exact) mass is 544 g/mol. The van der Waals surface area contributed by atoms with Gasteiger partial charge in [-0.3, -0.25) is 4.90 Å². The molecule has 1 heterocycles. The molecule has 0 aromatic heterocycles. The van der Waals surface area contributed by atoms with E-state index in [9.17, 15) is 19.2 Å².